The smallest absolute Gasteiger partial charge is 0.142 e. The number of aromatic nitrogens is 1. The molecule has 5 rings (SSSR count). The first-order valence-electron chi connectivity index (χ1n) is 17.4. The molecule has 1 unspecified atom stereocenters. The third kappa shape index (κ3) is 10.4. The minimum Gasteiger partial charge on any atom is -0.493 e. The molecule has 1 aliphatic rings. The van der Waals surface area contributed by atoms with E-state index in [9.17, 15) is 15.3 Å². The van der Waals surface area contributed by atoms with Crippen LogP contribution in [0.15, 0.2) is 71.9 Å². The molecule has 3 aromatic carbocycles. The molecule has 51 heavy (non-hydrogen) atoms. The average molecular weight is 736 g/mol. The van der Waals surface area contributed by atoms with Gasteiger partial charge in [-0.05, 0) is 85.9 Å². The fourth-order valence-electron chi connectivity index (χ4n) is 6.08. The molecule has 1 aliphatic heterocycles. The summed E-state index contributed by atoms with van der Waals surface area (Å²) in [6.45, 7) is 9.61. The number of likely N-dealkylation sites (tertiary alicyclic amines) is 1. The van der Waals surface area contributed by atoms with Crippen molar-refractivity contribution in [2.45, 2.75) is 69.9 Å². The second kappa shape index (κ2) is 18.4. The number of aliphatic hydroxyl groups excluding tert-OH is 3. The molecule has 4 aromatic rings. The van der Waals surface area contributed by atoms with Crippen molar-refractivity contribution < 1.29 is 29.5 Å². The van der Waals surface area contributed by atoms with Gasteiger partial charge in [-0.2, -0.15) is 0 Å². The van der Waals surface area contributed by atoms with E-state index in [1.165, 1.54) is 0 Å². The Morgan fingerprint density at radius 2 is 1.67 bits per heavy atom. The van der Waals surface area contributed by atoms with Gasteiger partial charge in [-0.15, -0.1) is 11.8 Å². The van der Waals surface area contributed by atoms with E-state index in [1.807, 2.05) is 36.7 Å². The highest BCUT2D eigenvalue weighted by Crippen LogP contribution is 2.36. The first-order chi connectivity index (χ1) is 24.6. The number of hydrogen-bond donors (Lipinski definition) is 4. The van der Waals surface area contributed by atoms with Crippen molar-refractivity contribution in [3.8, 4) is 28.4 Å². The number of hydrogen-bond acceptors (Lipinski definition) is 10. The second-order valence-electron chi connectivity index (χ2n) is 13.4. The van der Waals surface area contributed by atoms with Crippen molar-refractivity contribution >= 4 is 23.4 Å². The average Bonchev–Trinajstić information content (AvgIpc) is 3.57. The van der Waals surface area contributed by atoms with E-state index in [0.29, 0.717) is 42.9 Å². The van der Waals surface area contributed by atoms with E-state index < -0.39 is 5.54 Å². The Bertz CT molecular complexity index is 1750. The molecule has 0 saturated carbocycles. The third-order valence-electron chi connectivity index (χ3n) is 9.45. The normalized spacial score (nSPS) is 14.9. The zero-order valence-electron chi connectivity index (χ0n) is 30.0. The van der Waals surface area contributed by atoms with Crippen LogP contribution in [0, 0.1) is 13.8 Å². The number of benzene rings is 3. The molecule has 0 amide bonds. The van der Waals surface area contributed by atoms with Crippen molar-refractivity contribution in [3.63, 3.8) is 0 Å². The van der Waals surface area contributed by atoms with Crippen molar-refractivity contribution in [2.75, 3.05) is 45.7 Å². The van der Waals surface area contributed by atoms with Crippen LogP contribution in [0.25, 0.3) is 11.1 Å². The van der Waals surface area contributed by atoms with Gasteiger partial charge in [-0.1, -0.05) is 41.9 Å². The lowest BCUT2D eigenvalue weighted by atomic mass is 9.93. The van der Waals surface area contributed by atoms with Gasteiger partial charge in [0.15, 0.2) is 0 Å². The molecular weight excluding hydrogens is 686 g/mol. The van der Waals surface area contributed by atoms with Crippen LogP contribution in [-0.4, -0.2) is 82.6 Å². The molecule has 0 bridgehead atoms. The Hall–Kier alpha value is -3.35. The van der Waals surface area contributed by atoms with Crippen LogP contribution < -0.4 is 19.5 Å². The maximum atomic E-state index is 9.82. The van der Waals surface area contributed by atoms with Gasteiger partial charge in [0.1, 0.15) is 30.5 Å². The summed E-state index contributed by atoms with van der Waals surface area (Å²) in [5.74, 6) is 1.93. The predicted molar refractivity (Wildman–Crippen MR) is 204 cm³/mol. The van der Waals surface area contributed by atoms with Crippen LogP contribution in [0.3, 0.4) is 0 Å². The van der Waals surface area contributed by atoms with Gasteiger partial charge in [-0.3, -0.25) is 4.98 Å². The second-order valence-corrected chi connectivity index (χ2v) is 14.7. The van der Waals surface area contributed by atoms with Gasteiger partial charge in [-0.25, -0.2) is 0 Å². The third-order valence-corrected chi connectivity index (χ3v) is 10.4. The van der Waals surface area contributed by atoms with Crippen molar-refractivity contribution in [1.29, 1.82) is 0 Å². The van der Waals surface area contributed by atoms with Gasteiger partial charge < -0.3 is 39.7 Å². The number of pyridine rings is 1. The van der Waals surface area contributed by atoms with Crippen LogP contribution in [0.1, 0.15) is 47.6 Å². The summed E-state index contributed by atoms with van der Waals surface area (Å²) in [5, 5.41) is 33.1. The molecule has 1 fully saturated rings. The maximum Gasteiger partial charge on any atom is 0.142 e. The number of nitrogens with one attached hydrogen (secondary N) is 1. The van der Waals surface area contributed by atoms with Gasteiger partial charge in [0, 0.05) is 60.7 Å². The topological polar surface area (TPSA) is 117 Å². The first-order valence-corrected chi connectivity index (χ1v) is 19.0. The van der Waals surface area contributed by atoms with E-state index in [2.05, 4.69) is 47.2 Å². The van der Waals surface area contributed by atoms with Crippen molar-refractivity contribution in [2.24, 2.45) is 0 Å². The van der Waals surface area contributed by atoms with Crippen LogP contribution in [0.2, 0.25) is 5.02 Å². The molecule has 274 valence electrons. The Balaban J connectivity index is 1.31. The predicted octanol–water partition coefficient (Wildman–Crippen LogP) is 6.57. The summed E-state index contributed by atoms with van der Waals surface area (Å²) in [6.07, 6.45) is 7.15. The Kier molecular flexibility index (Phi) is 14.0. The molecule has 0 radical (unpaired) electrons. The van der Waals surface area contributed by atoms with Gasteiger partial charge in [0.25, 0.3) is 0 Å². The Morgan fingerprint density at radius 1 is 0.922 bits per heavy atom. The molecule has 1 atom stereocenters. The van der Waals surface area contributed by atoms with Crippen molar-refractivity contribution in [1.82, 2.24) is 15.2 Å². The van der Waals surface area contributed by atoms with Gasteiger partial charge in [0.05, 0.1) is 36.5 Å². The highest BCUT2D eigenvalue weighted by molar-refractivity contribution is 7.98. The SMILES string of the molecule is CSc1cncc(COc2cc(OCc3cccc(-c4cccc(OCCCN5CCC(O)C5)c4C)c3C)c(Cl)cc2CNC(C)(CO)CO)c1. The van der Waals surface area contributed by atoms with Gasteiger partial charge in [0.2, 0.25) is 0 Å². The first kappa shape index (κ1) is 38.9. The number of β-amino-alcohol motifs (C(OH)–C–C–N with tert-alkyl or cyclic N) is 1. The highest BCUT2D eigenvalue weighted by atomic mass is 35.5. The Morgan fingerprint density at radius 3 is 2.39 bits per heavy atom. The number of aliphatic hydroxyl groups is 3. The van der Waals surface area contributed by atoms with Gasteiger partial charge >= 0.3 is 0 Å². The fourth-order valence-corrected chi connectivity index (χ4v) is 6.76. The Labute approximate surface area is 310 Å². The summed E-state index contributed by atoms with van der Waals surface area (Å²) < 4.78 is 18.9. The largest absolute Gasteiger partial charge is 0.493 e. The summed E-state index contributed by atoms with van der Waals surface area (Å²) >= 11 is 8.41. The molecule has 2 heterocycles. The van der Waals surface area contributed by atoms with Crippen molar-refractivity contribution in [3.05, 3.63) is 99.8 Å². The minimum atomic E-state index is -0.874. The molecule has 1 aromatic heterocycles. The van der Waals surface area contributed by atoms with E-state index in [0.717, 1.165) is 82.1 Å². The molecule has 11 heteroatoms. The molecule has 4 N–H and O–H groups in total. The molecule has 0 spiro atoms. The zero-order valence-corrected chi connectivity index (χ0v) is 31.5. The van der Waals surface area contributed by atoms with Crippen LogP contribution >= 0.6 is 23.4 Å². The number of ether oxygens (including phenoxy) is 3. The van der Waals surface area contributed by atoms with E-state index in [-0.39, 0.29) is 19.3 Å². The van der Waals surface area contributed by atoms with E-state index in [4.69, 9.17) is 25.8 Å². The molecular formula is C40H50ClN3O6S. The fraction of sp³-hybridized carbons (Fsp3) is 0.425. The lowest BCUT2D eigenvalue weighted by Crippen LogP contribution is -2.48. The lowest BCUT2D eigenvalue weighted by Gasteiger charge is -2.27. The number of rotatable bonds is 18. The van der Waals surface area contributed by atoms with Crippen LogP contribution in [-0.2, 0) is 19.8 Å². The highest BCUT2D eigenvalue weighted by Gasteiger charge is 2.23. The van der Waals surface area contributed by atoms with E-state index >= 15 is 0 Å². The standard InChI is InChI=1S/C40H50ClN3O6S/c1-27-30(8-5-9-34(27)35-10-6-11-37(28(35)2)48-15-7-13-44-14-12-32(47)22-44)24-50-39-18-38(49-23-29-16-33(51-4)21-42-19-29)31(17-36(39)41)20-43-40(3,25-45)26-46/h5-6,8-11,16-19,21,32,43,45-47H,7,12-15,20,22-26H2,1-4H3. The maximum absolute atomic E-state index is 9.82. The quantitative estimate of drug-likeness (QED) is 0.0661. The lowest BCUT2D eigenvalue weighted by molar-refractivity contribution is 0.103. The van der Waals surface area contributed by atoms with E-state index in [1.54, 1.807) is 37.0 Å². The summed E-state index contributed by atoms with van der Waals surface area (Å²) in [4.78, 5) is 7.66. The summed E-state index contributed by atoms with van der Waals surface area (Å²) in [5.41, 5.74) is 6.25. The summed E-state index contributed by atoms with van der Waals surface area (Å²) in [6, 6.07) is 18.0. The number of thioether (sulfide) groups is 1. The minimum absolute atomic E-state index is 0.203. The molecule has 0 aliphatic carbocycles. The van der Waals surface area contributed by atoms with Crippen LogP contribution in [0.4, 0.5) is 0 Å². The number of nitrogens with zero attached hydrogens (tertiary/aromatic N) is 2. The van der Waals surface area contributed by atoms with Crippen LogP contribution in [0.5, 0.6) is 17.2 Å². The zero-order chi connectivity index (χ0) is 36.4. The molecule has 1 saturated heterocycles. The summed E-state index contributed by atoms with van der Waals surface area (Å²) in [7, 11) is 0. The molecule has 9 nitrogen and oxygen atoms in total. The number of halogens is 1. The monoisotopic (exact) mass is 735 g/mol.